The Morgan fingerprint density at radius 2 is 1.97 bits per heavy atom. The second-order valence-corrected chi connectivity index (χ2v) is 10.8. The third-order valence-electron chi connectivity index (χ3n) is 7.53. The van der Waals surface area contributed by atoms with Crippen molar-refractivity contribution in [1.82, 2.24) is 14.9 Å². The molecule has 5 rings (SSSR count). The molecule has 7 heteroatoms. The fourth-order valence-corrected chi connectivity index (χ4v) is 6.78. The summed E-state index contributed by atoms with van der Waals surface area (Å²) in [5.41, 5.74) is 3.14. The van der Waals surface area contributed by atoms with E-state index in [1.54, 1.807) is 25.4 Å². The van der Waals surface area contributed by atoms with E-state index in [0.29, 0.717) is 12.3 Å². The van der Waals surface area contributed by atoms with Crippen LogP contribution < -0.4 is 9.64 Å². The second-order valence-electron chi connectivity index (χ2n) is 9.94. The third kappa shape index (κ3) is 5.36. The zero-order valence-corrected chi connectivity index (χ0v) is 21.7. The summed E-state index contributed by atoms with van der Waals surface area (Å²) in [4.78, 5) is 27.0. The molecule has 35 heavy (non-hydrogen) atoms. The van der Waals surface area contributed by atoms with Crippen LogP contribution in [-0.2, 0) is 4.79 Å². The Kier molecular flexibility index (Phi) is 7.63. The number of carbonyl (C=O) groups is 1. The number of hydrogen-bond donors (Lipinski definition) is 0. The second kappa shape index (κ2) is 11.0. The van der Waals surface area contributed by atoms with Crippen LogP contribution >= 0.6 is 11.3 Å². The molecule has 2 aliphatic rings. The minimum atomic E-state index is 0.0496. The number of aromatic nitrogens is 2. The highest BCUT2D eigenvalue weighted by Gasteiger charge is 2.29. The van der Waals surface area contributed by atoms with Gasteiger partial charge in [0.1, 0.15) is 17.2 Å². The van der Waals surface area contributed by atoms with Crippen molar-refractivity contribution in [1.29, 1.82) is 0 Å². The fraction of sp³-hybridized carbons (Fsp3) is 0.536. The maximum Gasteiger partial charge on any atom is 0.144 e. The predicted octanol–water partition coefficient (Wildman–Crippen LogP) is 5.98. The Morgan fingerprint density at radius 3 is 2.77 bits per heavy atom. The van der Waals surface area contributed by atoms with Gasteiger partial charge in [0.05, 0.1) is 29.4 Å². The highest BCUT2D eigenvalue weighted by Crippen LogP contribution is 2.38. The third-order valence-corrected chi connectivity index (χ3v) is 8.56. The van der Waals surface area contributed by atoms with E-state index in [9.17, 15) is 4.79 Å². The highest BCUT2D eigenvalue weighted by molar-refractivity contribution is 7.09. The van der Waals surface area contributed by atoms with Gasteiger partial charge in [-0.2, -0.15) is 0 Å². The van der Waals surface area contributed by atoms with E-state index in [4.69, 9.17) is 14.7 Å². The molecule has 6 nitrogen and oxygen atoms in total. The number of benzene rings is 1. The van der Waals surface area contributed by atoms with Gasteiger partial charge in [-0.15, -0.1) is 11.3 Å². The maximum atomic E-state index is 12.3. The topological polar surface area (TPSA) is 58.6 Å². The fourth-order valence-electron chi connectivity index (χ4n) is 5.74. The number of ketones is 1. The quantitative estimate of drug-likeness (QED) is 0.404. The number of carbonyl (C=O) groups excluding carboxylic acids is 1. The Morgan fingerprint density at radius 1 is 1.11 bits per heavy atom. The van der Waals surface area contributed by atoms with Gasteiger partial charge in [0.15, 0.2) is 0 Å². The lowest BCUT2D eigenvalue weighted by atomic mass is 9.90. The summed E-state index contributed by atoms with van der Waals surface area (Å²) in [5.74, 6) is 1.69. The first-order valence-electron chi connectivity index (χ1n) is 13.0. The molecular formula is C28H36N4O2S. The van der Waals surface area contributed by atoms with E-state index in [2.05, 4.69) is 27.3 Å². The van der Waals surface area contributed by atoms with Crippen LogP contribution in [0.25, 0.3) is 10.9 Å². The average molecular weight is 493 g/mol. The van der Waals surface area contributed by atoms with Crippen molar-refractivity contribution >= 4 is 33.7 Å². The Labute approximate surface area is 212 Å². The first kappa shape index (κ1) is 24.2. The Hall–Kier alpha value is -2.51. The van der Waals surface area contributed by atoms with E-state index < -0.39 is 0 Å². The van der Waals surface area contributed by atoms with Crippen LogP contribution in [0.1, 0.15) is 74.5 Å². The molecular weight excluding hydrogens is 456 g/mol. The van der Waals surface area contributed by atoms with E-state index in [1.165, 1.54) is 37.1 Å². The number of nitrogens with zero attached hydrogens (tertiary/aromatic N) is 4. The number of methoxy groups -OCH3 is 1. The first-order valence-corrected chi connectivity index (χ1v) is 13.9. The molecule has 1 saturated heterocycles. The molecule has 1 aromatic carbocycles. The van der Waals surface area contributed by atoms with Crippen molar-refractivity contribution in [2.45, 2.75) is 63.8 Å². The standard InChI is InChI=1S/C28H36N4O2S/c1-20(33)18-24(23-19-35-28(30-23)22-8-4-3-5-9-22)31-14-7-15-32(17-16-31)27-25(34-2)12-11-21-10-6-13-29-26(21)27/h6,10-13,19,22,24H,3-5,7-9,14-18H2,1-2H3. The molecule has 0 spiro atoms. The van der Waals surface area contributed by atoms with Crippen molar-refractivity contribution < 1.29 is 9.53 Å². The molecule has 1 saturated carbocycles. The van der Waals surface area contributed by atoms with Crippen LogP contribution in [0.3, 0.4) is 0 Å². The number of ether oxygens (including phenoxy) is 1. The minimum absolute atomic E-state index is 0.0496. The van der Waals surface area contributed by atoms with Crippen LogP contribution in [-0.4, -0.2) is 53.9 Å². The van der Waals surface area contributed by atoms with Gasteiger partial charge < -0.3 is 9.64 Å². The highest BCUT2D eigenvalue weighted by atomic mass is 32.1. The number of hydrogen-bond acceptors (Lipinski definition) is 7. The van der Waals surface area contributed by atoms with Gasteiger partial charge in [-0.3, -0.25) is 14.7 Å². The summed E-state index contributed by atoms with van der Waals surface area (Å²) in [6.45, 7) is 5.32. The molecule has 3 heterocycles. The number of Topliss-reactive ketones (excluding diaryl/α,β-unsaturated/α-hetero) is 1. The Bertz CT molecular complexity index is 1160. The lowest BCUT2D eigenvalue weighted by Gasteiger charge is -2.30. The van der Waals surface area contributed by atoms with E-state index in [1.807, 2.05) is 18.3 Å². The molecule has 2 fully saturated rings. The first-order chi connectivity index (χ1) is 17.1. The minimum Gasteiger partial charge on any atom is -0.494 e. The summed E-state index contributed by atoms with van der Waals surface area (Å²) in [5, 5.41) is 4.62. The zero-order chi connectivity index (χ0) is 24.2. The van der Waals surface area contributed by atoms with Crippen LogP contribution in [0.15, 0.2) is 35.8 Å². The molecule has 3 aromatic rings. The monoisotopic (exact) mass is 492 g/mol. The maximum absolute atomic E-state index is 12.3. The van der Waals surface area contributed by atoms with Crippen LogP contribution in [0.4, 0.5) is 5.69 Å². The zero-order valence-electron chi connectivity index (χ0n) is 20.9. The molecule has 1 unspecified atom stereocenters. The van der Waals surface area contributed by atoms with Crippen molar-refractivity contribution in [3.05, 3.63) is 46.5 Å². The summed E-state index contributed by atoms with van der Waals surface area (Å²) in [7, 11) is 1.73. The molecule has 1 aliphatic heterocycles. The molecule has 0 N–H and O–H groups in total. The van der Waals surface area contributed by atoms with E-state index in [-0.39, 0.29) is 11.8 Å². The van der Waals surface area contributed by atoms with Crippen LogP contribution in [0.2, 0.25) is 0 Å². The molecule has 1 atom stereocenters. The number of pyridine rings is 1. The van der Waals surface area contributed by atoms with Gasteiger partial charge >= 0.3 is 0 Å². The normalized spacial score (nSPS) is 19.0. The molecule has 0 radical (unpaired) electrons. The van der Waals surface area contributed by atoms with E-state index in [0.717, 1.165) is 60.6 Å². The van der Waals surface area contributed by atoms with Crippen LogP contribution in [0, 0.1) is 0 Å². The summed E-state index contributed by atoms with van der Waals surface area (Å²) < 4.78 is 5.76. The largest absolute Gasteiger partial charge is 0.494 e. The van der Waals surface area contributed by atoms with Gasteiger partial charge in [-0.05, 0) is 44.4 Å². The SMILES string of the molecule is COc1ccc2cccnc2c1N1CCCN(C(CC(C)=O)c2csc(C3CCCCC3)n2)CC1. The van der Waals surface area contributed by atoms with Gasteiger partial charge in [-0.1, -0.05) is 25.3 Å². The predicted molar refractivity (Wildman–Crippen MR) is 143 cm³/mol. The molecule has 1 aliphatic carbocycles. The van der Waals surface area contributed by atoms with Gasteiger partial charge in [0, 0.05) is 55.5 Å². The molecule has 186 valence electrons. The number of fused-ring (bicyclic) bond motifs is 1. The van der Waals surface area contributed by atoms with Crippen molar-refractivity contribution in [2.24, 2.45) is 0 Å². The number of thiazole rings is 1. The lowest BCUT2D eigenvalue weighted by Crippen LogP contribution is -2.35. The van der Waals surface area contributed by atoms with Crippen LogP contribution in [0.5, 0.6) is 5.75 Å². The number of rotatable bonds is 7. The van der Waals surface area contributed by atoms with Crippen molar-refractivity contribution in [2.75, 3.05) is 38.2 Å². The average Bonchev–Trinajstić information content (AvgIpc) is 3.26. The molecule has 0 amide bonds. The molecule has 2 aromatic heterocycles. The Balaban J connectivity index is 1.38. The smallest absolute Gasteiger partial charge is 0.144 e. The lowest BCUT2D eigenvalue weighted by molar-refractivity contribution is -0.118. The van der Waals surface area contributed by atoms with Gasteiger partial charge in [0.2, 0.25) is 0 Å². The molecule has 0 bridgehead atoms. The number of anilines is 1. The van der Waals surface area contributed by atoms with Gasteiger partial charge in [0.25, 0.3) is 0 Å². The summed E-state index contributed by atoms with van der Waals surface area (Å²) >= 11 is 1.80. The van der Waals surface area contributed by atoms with E-state index >= 15 is 0 Å². The van der Waals surface area contributed by atoms with Crippen molar-refractivity contribution in [3.63, 3.8) is 0 Å². The summed E-state index contributed by atoms with van der Waals surface area (Å²) in [6.07, 6.45) is 9.87. The summed E-state index contributed by atoms with van der Waals surface area (Å²) in [6, 6.07) is 8.25. The van der Waals surface area contributed by atoms with Gasteiger partial charge in [-0.25, -0.2) is 4.98 Å². The van der Waals surface area contributed by atoms with Crippen molar-refractivity contribution in [3.8, 4) is 5.75 Å².